The first-order valence-electron chi connectivity index (χ1n) is 8.47. The van der Waals surface area contributed by atoms with E-state index >= 15 is 0 Å². The lowest BCUT2D eigenvalue weighted by molar-refractivity contribution is -0.140. The third-order valence-electron chi connectivity index (χ3n) is 6.42. The first kappa shape index (κ1) is 13.4. The van der Waals surface area contributed by atoms with Gasteiger partial charge in [-0.15, -0.1) is 0 Å². The van der Waals surface area contributed by atoms with Crippen molar-refractivity contribution in [3.63, 3.8) is 0 Å². The molecule has 0 spiro atoms. The topological polar surface area (TPSA) is 37.3 Å². The predicted octanol–water partition coefficient (Wildman–Crippen LogP) is 4.63. The maximum absolute atomic E-state index is 11.9. The Kier molecular flexibility index (Phi) is 2.92. The van der Waals surface area contributed by atoms with Gasteiger partial charge in [-0.1, -0.05) is 30.2 Å². The maximum Gasteiger partial charge on any atom is 0.311 e. The van der Waals surface area contributed by atoms with Crippen molar-refractivity contribution < 1.29 is 9.90 Å². The summed E-state index contributed by atoms with van der Waals surface area (Å²) in [6, 6.07) is 0. The van der Waals surface area contributed by atoms with Crippen LogP contribution in [0.5, 0.6) is 0 Å². The number of carboxylic acids is 1. The summed E-state index contributed by atoms with van der Waals surface area (Å²) in [5.74, 6) is -0.266. The summed E-state index contributed by atoms with van der Waals surface area (Å²) in [4.78, 5) is 11.9. The molecule has 0 saturated carbocycles. The molecule has 1 N–H and O–H groups in total. The van der Waals surface area contributed by atoms with E-state index in [1.54, 1.807) is 0 Å². The molecule has 112 valence electrons. The highest BCUT2D eigenvalue weighted by Gasteiger charge is 2.47. The van der Waals surface area contributed by atoms with Crippen LogP contribution >= 0.6 is 0 Å². The summed E-state index contributed by atoms with van der Waals surface area (Å²) in [5, 5.41) is 9.78. The summed E-state index contributed by atoms with van der Waals surface area (Å²) in [6.45, 7) is 2.38. The summed E-state index contributed by atoms with van der Waals surface area (Å²) < 4.78 is 0. The zero-order valence-corrected chi connectivity index (χ0v) is 12.8. The number of carbonyl (C=O) groups is 1. The van der Waals surface area contributed by atoms with E-state index in [0.29, 0.717) is 5.92 Å². The Balaban J connectivity index is 1.91. The van der Waals surface area contributed by atoms with E-state index in [9.17, 15) is 9.90 Å². The van der Waals surface area contributed by atoms with Gasteiger partial charge in [-0.2, -0.15) is 0 Å². The fourth-order valence-electron chi connectivity index (χ4n) is 5.31. The highest BCUT2D eigenvalue weighted by Crippen LogP contribution is 2.59. The fraction of sp³-hybridized carbons (Fsp3) is 0.632. The van der Waals surface area contributed by atoms with E-state index < -0.39 is 5.97 Å². The second-order valence-electron chi connectivity index (χ2n) is 7.41. The molecule has 2 heteroatoms. The third-order valence-corrected chi connectivity index (χ3v) is 6.42. The lowest BCUT2D eigenvalue weighted by Gasteiger charge is -2.48. The Bertz CT molecular complexity index is 593. The van der Waals surface area contributed by atoms with Crippen molar-refractivity contribution in [1.29, 1.82) is 0 Å². The molecule has 2 nitrogen and oxygen atoms in total. The number of hydrogen-bond acceptors (Lipinski definition) is 1. The maximum atomic E-state index is 11.9. The van der Waals surface area contributed by atoms with E-state index in [1.807, 2.05) is 0 Å². The van der Waals surface area contributed by atoms with Crippen LogP contribution in [0.2, 0.25) is 0 Å². The normalized spacial score (nSPS) is 38.1. The molecule has 0 unspecified atom stereocenters. The standard InChI is InChI=1S/C19H24O2/c1-19-10-3-2-6-13(19)11-15(18(20)21)17-14-7-4-5-12(14)8-9-16(17)19/h6-7,12,15H,2-5,8-11H2,1H3,(H,20,21)/t12-,15+,19-/m0/s1. The van der Waals surface area contributed by atoms with Crippen LogP contribution in [0.15, 0.2) is 34.4 Å². The van der Waals surface area contributed by atoms with E-state index in [1.165, 1.54) is 48.0 Å². The van der Waals surface area contributed by atoms with Gasteiger partial charge in [-0.3, -0.25) is 4.79 Å². The molecule has 0 aromatic rings. The molecule has 4 rings (SSSR count). The van der Waals surface area contributed by atoms with Crippen molar-refractivity contribution in [2.24, 2.45) is 17.3 Å². The van der Waals surface area contributed by atoms with Gasteiger partial charge in [0.15, 0.2) is 0 Å². The molecule has 0 fully saturated rings. The van der Waals surface area contributed by atoms with Crippen LogP contribution in [0, 0.1) is 17.3 Å². The van der Waals surface area contributed by atoms with Crippen LogP contribution in [0.1, 0.15) is 58.3 Å². The van der Waals surface area contributed by atoms with Crippen LogP contribution in [0.3, 0.4) is 0 Å². The third kappa shape index (κ3) is 1.81. The van der Waals surface area contributed by atoms with Crippen LogP contribution < -0.4 is 0 Å². The molecule has 0 saturated heterocycles. The number of carboxylic acid groups (broad SMARTS) is 1. The average Bonchev–Trinajstić information content (AvgIpc) is 2.94. The molecule has 4 aliphatic carbocycles. The number of allylic oxidation sites excluding steroid dienone is 5. The molecule has 0 aromatic carbocycles. The molecule has 3 atom stereocenters. The molecular weight excluding hydrogens is 260 g/mol. The Hall–Kier alpha value is -1.31. The lowest BCUT2D eigenvalue weighted by atomic mass is 9.56. The van der Waals surface area contributed by atoms with Crippen molar-refractivity contribution in [2.75, 3.05) is 0 Å². The van der Waals surface area contributed by atoms with Crippen LogP contribution in [-0.2, 0) is 4.79 Å². The lowest BCUT2D eigenvalue weighted by Crippen LogP contribution is -2.38. The quantitative estimate of drug-likeness (QED) is 0.712. The van der Waals surface area contributed by atoms with Gasteiger partial charge in [0.2, 0.25) is 0 Å². The number of rotatable bonds is 1. The van der Waals surface area contributed by atoms with E-state index in [-0.39, 0.29) is 11.3 Å². The summed E-state index contributed by atoms with van der Waals surface area (Å²) in [5.41, 5.74) is 5.72. The minimum atomic E-state index is -0.621. The molecule has 0 heterocycles. The number of aliphatic carboxylic acids is 1. The van der Waals surface area contributed by atoms with Crippen LogP contribution in [-0.4, -0.2) is 11.1 Å². The molecule has 0 bridgehead atoms. The van der Waals surface area contributed by atoms with E-state index in [0.717, 1.165) is 25.7 Å². The SMILES string of the molecule is C[C@]12CCCC=C1C[C@@H](C(=O)O)C1=C2CC[C@@H]2CCC=C12. The molecule has 0 radical (unpaired) electrons. The fourth-order valence-corrected chi connectivity index (χ4v) is 5.31. The largest absolute Gasteiger partial charge is 0.481 e. The Morgan fingerprint density at radius 3 is 2.95 bits per heavy atom. The second-order valence-corrected chi connectivity index (χ2v) is 7.41. The average molecular weight is 284 g/mol. The zero-order chi connectivity index (χ0) is 14.6. The Labute approximate surface area is 126 Å². The monoisotopic (exact) mass is 284 g/mol. The Morgan fingerprint density at radius 1 is 1.29 bits per heavy atom. The predicted molar refractivity (Wildman–Crippen MR) is 82.9 cm³/mol. The van der Waals surface area contributed by atoms with Gasteiger partial charge in [-0.05, 0) is 68.4 Å². The van der Waals surface area contributed by atoms with Gasteiger partial charge in [0.05, 0.1) is 5.92 Å². The van der Waals surface area contributed by atoms with Gasteiger partial charge in [-0.25, -0.2) is 0 Å². The van der Waals surface area contributed by atoms with Gasteiger partial charge >= 0.3 is 5.97 Å². The van der Waals surface area contributed by atoms with Gasteiger partial charge < -0.3 is 5.11 Å². The second kappa shape index (κ2) is 4.59. The molecule has 0 aliphatic heterocycles. The van der Waals surface area contributed by atoms with E-state index in [2.05, 4.69) is 19.1 Å². The van der Waals surface area contributed by atoms with Crippen molar-refractivity contribution in [2.45, 2.75) is 58.3 Å². The van der Waals surface area contributed by atoms with Crippen molar-refractivity contribution >= 4 is 5.97 Å². The van der Waals surface area contributed by atoms with Crippen molar-refractivity contribution in [3.8, 4) is 0 Å². The molecule has 0 aromatic heterocycles. The van der Waals surface area contributed by atoms with Crippen molar-refractivity contribution in [1.82, 2.24) is 0 Å². The van der Waals surface area contributed by atoms with Gasteiger partial charge in [0.1, 0.15) is 0 Å². The van der Waals surface area contributed by atoms with Crippen LogP contribution in [0.4, 0.5) is 0 Å². The number of hydrogen-bond donors (Lipinski definition) is 1. The first-order valence-corrected chi connectivity index (χ1v) is 8.47. The first-order chi connectivity index (χ1) is 10.1. The summed E-state index contributed by atoms with van der Waals surface area (Å²) >= 11 is 0. The zero-order valence-electron chi connectivity index (χ0n) is 12.8. The van der Waals surface area contributed by atoms with E-state index in [4.69, 9.17) is 0 Å². The molecule has 21 heavy (non-hydrogen) atoms. The molecular formula is C19H24O2. The molecule has 4 aliphatic rings. The van der Waals surface area contributed by atoms with Gasteiger partial charge in [0.25, 0.3) is 0 Å². The Morgan fingerprint density at radius 2 is 2.14 bits per heavy atom. The summed E-state index contributed by atoms with van der Waals surface area (Å²) in [7, 11) is 0. The smallest absolute Gasteiger partial charge is 0.311 e. The number of fused-ring (bicyclic) bond motifs is 4. The minimum Gasteiger partial charge on any atom is -0.481 e. The minimum absolute atomic E-state index is 0.161. The highest BCUT2D eigenvalue weighted by atomic mass is 16.4. The van der Waals surface area contributed by atoms with Crippen molar-refractivity contribution in [3.05, 3.63) is 34.4 Å². The summed E-state index contributed by atoms with van der Waals surface area (Å²) in [6.07, 6.45) is 13.8. The van der Waals surface area contributed by atoms with Crippen LogP contribution in [0.25, 0.3) is 0 Å². The highest BCUT2D eigenvalue weighted by molar-refractivity contribution is 5.78. The molecule has 0 amide bonds. The van der Waals surface area contributed by atoms with Gasteiger partial charge in [0, 0.05) is 5.41 Å².